The molecular weight excluding hydrogens is 254 g/mol. The minimum atomic E-state index is 0.214. The molecule has 1 aromatic rings. The van der Waals surface area contributed by atoms with Crippen molar-refractivity contribution in [2.45, 2.75) is 85.6 Å². The highest BCUT2D eigenvalue weighted by Crippen LogP contribution is 2.28. The summed E-state index contributed by atoms with van der Waals surface area (Å²) < 4.78 is 0. The van der Waals surface area contributed by atoms with Crippen LogP contribution < -0.4 is 5.73 Å². The average Bonchev–Trinajstić information content (AvgIpc) is 2.38. The fourth-order valence-electron chi connectivity index (χ4n) is 3.14. The summed E-state index contributed by atoms with van der Waals surface area (Å²) in [6.07, 6.45) is 4.64. The van der Waals surface area contributed by atoms with Gasteiger partial charge in [-0.1, -0.05) is 59.6 Å². The predicted molar refractivity (Wildman–Crippen MR) is 95.0 cm³/mol. The van der Waals surface area contributed by atoms with E-state index in [-0.39, 0.29) is 11.5 Å². The highest BCUT2D eigenvalue weighted by Gasteiger charge is 2.18. The van der Waals surface area contributed by atoms with E-state index in [1.54, 1.807) is 0 Å². The fraction of sp³-hybridized carbons (Fsp3) is 0.700. The number of benzene rings is 1. The molecule has 1 rings (SSSR count). The maximum Gasteiger partial charge on any atom is 0.00821 e. The van der Waals surface area contributed by atoms with Gasteiger partial charge in [0.25, 0.3) is 0 Å². The molecule has 0 aromatic heterocycles. The van der Waals surface area contributed by atoms with Crippen LogP contribution in [0.15, 0.2) is 12.1 Å². The van der Waals surface area contributed by atoms with Gasteiger partial charge in [0.2, 0.25) is 0 Å². The van der Waals surface area contributed by atoms with E-state index in [4.69, 9.17) is 5.73 Å². The van der Waals surface area contributed by atoms with Gasteiger partial charge in [-0.25, -0.2) is 0 Å². The number of hydrogen-bond acceptors (Lipinski definition) is 1. The first kappa shape index (κ1) is 18.2. The van der Waals surface area contributed by atoms with Crippen LogP contribution >= 0.6 is 0 Å². The van der Waals surface area contributed by atoms with Gasteiger partial charge in [-0.3, -0.25) is 0 Å². The Morgan fingerprint density at radius 2 is 1.48 bits per heavy atom. The van der Waals surface area contributed by atoms with Crippen molar-refractivity contribution in [1.82, 2.24) is 0 Å². The van der Waals surface area contributed by atoms with Crippen LogP contribution in [0.1, 0.15) is 76.1 Å². The Hall–Kier alpha value is -0.820. The van der Waals surface area contributed by atoms with E-state index < -0.39 is 0 Å². The van der Waals surface area contributed by atoms with E-state index in [2.05, 4.69) is 60.6 Å². The van der Waals surface area contributed by atoms with Crippen LogP contribution in [0.5, 0.6) is 0 Å². The lowest BCUT2D eigenvalue weighted by molar-refractivity contribution is 0.407. The molecule has 120 valence electrons. The molecule has 0 aliphatic heterocycles. The minimum absolute atomic E-state index is 0.214. The first-order valence-corrected chi connectivity index (χ1v) is 8.55. The zero-order valence-corrected chi connectivity index (χ0v) is 15.2. The van der Waals surface area contributed by atoms with Crippen LogP contribution in [-0.2, 0) is 11.8 Å². The topological polar surface area (TPSA) is 26.0 Å². The largest absolute Gasteiger partial charge is 0.327 e. The zero-order valence-electron chi connectivity index (χ0n) is 15.2. The Labute approximate surface area is 132 Å². The lowest BCUT2D eigenvalue weighted by atomic mass is 9.82. The van der Waals surface area contributed by atoms with Gasteiger partial charge in [0, 0.05) is 6.04 Å². The minimum Gasteiger partial charge on any atom is -0.327 e. The summed E-state index contributed by atoms with van der Waals surface area (Å²) in [5.41, 5.74) is 12.3. The predicted octanol–water partition coefficient (Wildman–Crippen LogP) is 5.30. The number of hydrogen-bond donors (Lipinski definition) is 1. The second-order valence-corrected chi connectivity index (χ2v) is 7.72. The van der Waals surface area contributed by atoms with Gasteiger partial charge in [-0.2, -0.15) is 0 Å². The van der Waals surface area contributed by atoms with E-state index in [1.165, 1.54) is 35.1 Å². The van der Waals surface area contributed by atoms with Crippen LogP contribution in [0.25, 0.3) is 0 Å². The van der Waals surface area contributed by atoms with Crippen molar-refractivity contribution in [2.24, 2.45) is 11.7 Å². The van der Waals surface area contributed by atoms with Crippen molar-refractivity contribution >= 4 is 0 Å². The van der Waals surface area contributed by atoms with E-state index >= 15 is 0 Å². The molecule has 0 bridgehead atoms. The van der Waals surface area contributed by atoms with Crippen LogP contribution in [-0.4, -0.2) is 6.04 Å². The smallest absolute Gasteiger partial charge is 0.00821 e. The molecule has 1 atom stereocenters. The summed E-state index contributed by atoms with van der Waals surface area (Å²) in [7, 11) is 0. The van der Waals surface area contributed by atoms with E-state index in [9.17, 15) is 0 Å². The summed E-state index contributed by atoms with van der Waals surface area (Å²) in [5.74, 6) is 0.773. The SMILES string of the molecule is CCC(CC)CC(N)Cc1c(C)cc(C(C)(C)C)cc1C. The highest BCUT2D eigenvalue weighted by atomic mass is 14.6. The third-order valence-electron chi connectivity index (χ3n) is 4.82. The van der Waals surface area contributed by atoms with Crippen molar-refractivity contribution in [2.75, 3.05) is 0 Å². The molecule has 0 saturated carbocycles. The molecule has 21 heavy (non-hydrogen) atoms. The van der Waals surface area contributed by atoms with E-state index in [0.29, 0.717) is 0 Å². The Morgan fingerprint density at radius 1 is 1.00 bits per heavy atom. The molecule has 1 heteroatoms. The van der Waals surface area contributed by atoms with Crippen molar-refractivity contribution in [3.8, 4) is 0 Å². The number of rotatable bonds is 6. The van der Waals surface area contributed by atoms with Crippen molar-refractivity contribution in [1.29, 1.82) is 0 Å². The maximum absolute atomic E-state index is 6.42. The monoisotopic (exact) mass is 289 g/mol. The molecule has 0 aliphatic rings. The Morgan fingerprint density at radius 3 is 1.86 bits per heavy atom. The highest BCUT2D eigenvalue weighted by molar-refractivity contribution is 5.40. The molecule has 0 fully saturated rings. The Bertz CT molecular complexity index is 426. The van der Waals surface area contributed by atoms with E-state index in [0.717, 1.165) is 18.8 Å². The third-order valence-corrected chi connectivity index (χ3v) is 4.82. The molecule has 1 nitrogen and oxygen atoms in total. The Balaban J connectivity index is 2.89. The normalized spacial score (nSPS) is 13.8. The Kier molecular flexibility index (Phi) is 6.46. The van der Waals surface area contributed by atoms with Gasteiger partial charge in [0.15, 0.2) is 0 Å². The molecule has 0 amide bonds. The van der Waals surface area contributed by atoms with Gasteiger partial charge >= 0.3 is 0 Å². The van der Waals surface area contributed by atoms with Gasteiger partial charge in [-0.15, -0.1) is 0 Å². The van der Waals surface area contributed by atoms with Crippen LogP contribution in [0, 0.1) is 19.8 Å². The zero-order chi connectivity index (χ0) is 16.2. The van der Waals surface area contributed by atoms with Crippen LogP contribution in [0.4, 0.5) is 0 Å². The lowest BCUT2D eigenvalue weighted by Gasteiger charge is -2.24. The third kappa shape index (κ3) is 5.14. The standard InChI is InChI=1S/C20H35N/c1-8-16(9-2)12-18(21)13-19-14(3)10-17(11-15(19)4)20(5,6)7/h10-11,16,18H,8-9,12-13,21H2,1-7H3. The molecule has 0 saturated heterocycles. The summed E-state index contributed by atoms with van der Waals surface area (Å²) in [5, 5.41) is 0. The molecule has 1 unspecified atom stereocenters. The average molecular weight is 290 g/mol. The van der Waals surface area contributed by atoms with Crippen molar-refractivity contribution in [3.63, 3.8) is 0 Å². The van der Waals surface area contributed by atoms with Gasteiger partial charge in [0.05, 0.1) is 0 Å². The summed E-state index contributed by atoms with van der Waals surface area (Å²) in [4.78, 5) is 0. The van der Waals surface area contributed by atoms with Gasteiger partial charge in [-0.05, 0) is 60.3 Å². The molecule has 0 radical (unpaired) electrons. The lowest BCUT2D eigenvalue weighted by Crippen LogP contribution is -2.27. The quantitative estimate of drug-likeness (QED) is 0.756. The molecule has 0 aliphatic carbocycles. The maximum atomic E-state index is 6.42. The first-order chi connectivity index (χ1) is 9.68. The van der Waals surface area contributed by atoms with Crippen molar-refractivity contribution in [3.05, 3.63) is 34.4 Å². The second kappa shape index (κ2) is 7.45. The first-order valence-electron chi connectivity index (χ1n) is 8.55. The molecule has 0 spiro atoms. The van der Waals surface area contributed by atoms with Gasteiger partial charge in [0.1, 0.15) is 0 Å². The summed E-state index contributed by atoms with van der Waals surface area (Å²) in [6.45, 7) is 15.9. The second-order valence-electron chi connectivity index (χ2n) is 7.72. The molecule has 2 N–H and O–H groups in total. The molecule has 1 aromatic carbocycles. The molecule has 0 heterocycles. The fourth-order valence-corrected chi connectivity index (χ4v) is 3.14. The van der Waals surface area contributed by atoms with Crippen LogP contribution in [0.3, 0.4) is 0 Å². The number of aryl methyl sites for hydroxylation is 2. The number of nitrogens with two attached hydrogens (primary N) is 1. The van der Waals surface area contributed by atoms with Crippen LogP contribution in [0.2, 0.25) is 0 Å². The van der Waals surface area contributed by atoms with Gasteiger partial charge < -0.3 is 5.73 Å². The summed E-state index contributed by atoms with van der Waals surface area (Å²) in [6, 6.07) is 4.99. The summed E-state index contributed by atoms with van der Waals surface area (Å²) >= 11 is 0. The van der Waals surface area contributed by atoms with Crippen molar-refractivity contribution < 1.29 is 0 Å². The van der Waals surface area contributed by atoms with E-state index in [1.807, 2.05) is 0 Å². The molecular formula is C20H35N.